The number of rotatable bonds is 7. The molecule has 0 amide bonds. The highest BCUT2D eigenvalue weighted by molar-refractivity contribution is 4.88. The van der Waals surface area contributed by atoms with Crippen LogP contribution in [0.15, 0.2) is 0 Å². The smallest absolute Gasteiger partial charge is 0.0764 e. The summed E-state index contributed by atoms with van der Waals surface area (Å²) in [6.07, 6.45) is 6.94. The zero-order valence-electron chi connectivity index (χ0n) is 9.42. The van der Waals surface area contributed by atoms with Crippen molar-refractivity contribution in [2.75, 3.05) is 6.61 Å². The minimum absolute atomic E-state index is 0.137. The van der Waals surface area contributed by atoms with Crippen molar-refractivity contribution in [3.8, 4) is 12.3 Å². The number of nitrogens with one attached hydrogen (secondary N) is 1. The topological polar surface area (TPSA) is 47.3 Å². The van der Waals surface area contributed by atoms with Crippen LogP contribution in [0, 0.1) is 18.3 Å². The Labute approximate surface area is 87.4 Å². The Morgan fingerprint density at radius 3 is 2.50 bits per heavy atom. The summed E-state index contributed by atoms with van der Waals surface area (Å²) in [5, 5.41) is 0. The van der Waals surface area contributed by atoms with Crippen LogP contribution < -0.4 is 11.3 Å². The van der Waals surface area contributed by atoms with Crippen LogP contribution in [0.1, 0.15) is 33.6 Å². The highest BCUT2D eigenvalue weighted by Crippen LogP contribution is 2.14. The Hall–Kier alpha value is -0.560. The Morgan fingerprint density at radius 2 is 2.14 bits per heavy atom. The normalized spacial score (nSPS) is 15.1. The van der Waals surface area contributed by atoms with Crippen molar-refractivity contribution in [2.45, 2.75) is 45.8 Å². The van der Waals surface area contributed by atoms with E-state index in [0.717, 1.165) is 12.8 Å². The minimum Gasteiger partial charge on any atom is -0.377 e. The number of hydrazine groups is 1. The van der Waals surface area contributed by atoms with Gasteiger partial charge in [0.15, 0.2) is 0 Å². The van der Waals surface area contributed by atoms with Gasteiger partial charge in [0.1, 0.15) is 0 Å². The summed E-state index contributed by atoms with van der Waals surface area (Å²) in [7, 11) is 0. The molecule has 0 bridgehead atoms. The maximum atomic E-state index is 5.64. The molecule has 0 saturated carbocycles. The van der Waals surface area contributed by atoms with Gasteiger partial charge in [-0.25, -0.2) is 0 Å². The maximum absolute atomic E-state index is 5.64. The van der Waals surface area contributed by atoms with E-state index < -0.39 is 0 Å². The Balaban J connectivity index is 4.19. The van der Waals surface area contributed by atoms with Crippen molar-refractivity contribution in [2.24, 2.45) is 11.8 Å². The first-order chi connectivity index (χ1) is 6.67. The third kappa shape index (κ3) is 4.61. The molecule has 0 rings (SSSR count). The van der Waals surface area contributed by atoms with E-state index in [4.69, 9.17) is 17.0 Å². The van der Waals surface area contributed by atoms with E-state index in [-0.39, 0.29) is 12.1 Å². The van der Waals surface area contributed by atoms with E-state index in [9.17, 15) is 0 Å². The Bertz CT molecular complexity index is 175. The average molecular weight is 198 g/mol. The third-order valence-electron chi connectivity index (χ3n) is 2.23. The number of terminal acetylenes is 1. The second kappa shape index (κ2) is 7.81. The molecular weight excluding hydrogens is 176 g/mol. The summed E-state index contributed by atoms with van der Waals surface area (Å²) in [4.78, 5) is 0. The van der Waals surface area contributed by atoms with Gasteiger partial charge in [-0.2, -0.15) is 0 Å². The van der Waals surface area contributed by atoms with E-state index in [2.05, 4.69) is 25.2 Å². The highest BCUT2D eigenvalue weighted by Gasteiger charge is 2.23. The quantitative estimate of drug-likeness (QED) is 0.368. The van der Waals surface area contributed by atoms with Gasteiger partial charge in [-0.15, -0.1) is 12.3 Å². The van der Waals surface area contributed by atoms with Crippen LogP contribution in [0.5, 0.6) is 0 Å². The molecule has 3 nitrogen and oxygen atoms in total. The van der Waals surface area contributed by atoms with Crippen molar-refractivity contribution in [1.82, 2.24) is 5.43 Å². The number of hydrogen-bond donors (Lipinski definition) is 2. The predicted octanol–water partition coefficient (Wildman–Crippen LogP) is 1.29. The van der Waals surface area contributed by atoms with Crippen molar-refractivity contribution < 1.29 is 4.74 Å². The number of nitrogens with two attached hydrogens (primary N) is 1. The first kappa shape index (κ1) is 13.4. The summed E-state index contributed by atoms with van der Waals surface area (Å²) < 4.78 is 5.64. The molecule has 0 fully saturated rings. The molecule has 14 heavy (non-hydrogen) atoms. The van der Waals surface area contributed by atoms with Crippen LogP contribution >= 0.6 is 0 Å². The Kier molecular flexibility index (Phi) is 7.50. The van der Waals surface area contributed by atoms with E-state index in [1.54, 1.807) is 0 Å². The Morgan fingerprint density at radius 1 is 1.50 bits per heavy atom. The zero-order valence-corrected chi connectivity index (χ0v) is 9.42. The second-order valence-corrected chi connectivity index (χ2v) is 3.68. The van der Waals surface area contributed by atoms with Gasteiger partial charge in [-0.3, -0.25) is 11.3 Å². The van der Waals surface area contributed by atoms with Gasteiger partial charge in [-0.05, 0) is 19.3 Å². The highest BCUT2D eigenvalue weighted by atomic mass is 16.5. The first-order valence-electron chi connectivity index (χ1n) is 5.18. The van der Waals surface area contributed by atoms with Crippen molar-refractivity contribution in [3.63, 3.8) is 0 Å². The third-order valence-corrected chi connectivity index (χ3v) is 2.23. The van der Waals surface area contributed by atoms with Gasteiger partial charge >= 0.3 is 0 Å². The predicted molar refractivity (Wildman–Crippen MR) is 59.4 cm³/mol. The summed E-state index contributed by atoms with van der Waals surface area (Å²) in [6, 6.07) is 0.144. The lowest BCUT2D eigenvalue weighted by atomic mass is 9.96. The fourth-order valence-electron chi connectivity index (χ4n) is 1.55. The monoisotopic (exact) mass is 198 g/mol. The number of ether oxygens (including phenoxy) is 1. The molecule has 0 aliphatic carbocycles. The molecule has 0 spiro atoms. The van der Waals surface area contributed by atoms with Crippen molar-refractivity contribution >= 4 is 0 Å². The SMILES string of the molecule is C#CCCC(NN)C(OCC)C(C)C. The molecule has 0 saturated heterocycles. The molecule has 0 heterocycles. The van der Waals surface area contributed by atoms with Crippen LogP contribution in [0.25, 0.3) is 0 Å². The molecule has 0 radical (unpaired) electrons. The van der Waals surface area contributed by atoms with Gasteiger partial charge in [0.05, 0.1) is 6.10 Å². The van der Waals surface area contributed by atoms with E-state index in [1.807, 2.05) is 6.92 Å². The summed E-state index contributed by atoms with van der Waals surface area (Å²) >= 11 is 0. The molecule has 3 N–H and O–H groups in total. The molecule has 82 valence electrons. The van der Waals surface area contributed by atoms with Gasteiger partial charge in [-0.1, -0.05) is 13.8 Å². The van der Waals surface area contributed by atoms with Gasteiger partial charge < -0.3 is 4.74 Å². The molecule has 0 aromatic carbocycles. The van der Waals surface area contributed by atoms with Crippen LogP contribution in [0.3, 0.4) is 0 Å². The van der Waals surface area contributed by atoms with Crippen LogP contribution in [0.4, 0.5) is 0 Å². The molecule has 0 aliphatic heterocycles. The summed E-state index contributed by atoms with van der Waals surface area (Å²) in [5.74, 6) is 8.54. The molecule has 2 unspecified atom stereocenters. The minimum atomic E-state index is 0.137. The standard InChI is InChI=1S/C11H22N2O/c1-5-7-8-10(13-12)11(9(3)4)14-6-2/h1,9-11,13H,6-8,12H2,2-4H3. The molecule has 0 aromatic heterocycles. The van der Waals surface area contributed by atoms with E-state index in [1.165, 1.54) is 0 Å². The molecule has 3 heteroatoms. The van der Waals surface area contributed by atoms with Crippen LogP contribution in [-0.4, -0.2) is 18.8 Å². The number of hydrogen-bond acceptors (Lipinski definition) is 3. The van der Waals surface area contributed by atoms with E-state index >= 15 is 0 Å². The lowest BCUT2D eigenvalue weighted by molar-refractivity contribution is 0.00181. The molecule has 2 atom stereocenters. The maximum Gasteiger partial charge on any atom is 0.0764 e. The molecule has 0 aliphatic rings. The zero-order chi connectivity index (χ0) is 11.0. The molecule has 0 aromatic rings. The van der Waals surface area contributed by atoms with E-state index in [0.29, 0.717) is 12.5 Å². The lowest BCUT2D eigenvalue weighted by Crippen LogP contribution is -2.47. The molecular formula is C11H22N2O. The van der Waals surface area contributed by atoms with Crippen molar-refractivity contribution in [1.29, 1.82) is 0 Å². The summed E-state index contributed by atoms with van der Waals surface area (Å²) in [6.45, 7) is 6.95. The summed E-state index contributed by atoms with van der Waals surface area (Å²) in [5.41, 5.74) is 2.78. The second-order valence-electron chi connectivity index (χ2n) is 3.68. The van der Waals surface area contributed by atoms with Crippen molar-refractivity contribution in [3.05, 3.63) is 0 Å². The van der Waals surface area contributed by atoms with Crippen LogP contribution in [-0.2, 0) is 4.74 Å². The first-order valence-corrected chi connectivity index (χ1v) is 5.18. The van der Waals surface area contributed by atoms with Gasteiger partial charge in [0.25, 0.3) is 0 Å². The van der Waals surface area contributed by atoms with Gasteiger partial charge in [0.2, 0.25) is 0 Å². The van der Waals surface area contributed by atoms with Crippen LogP contribution in [0.2, 0.25) is 0 Å². The average Bonchev–Trinajstić information content (AvgIpc) is 2.17. The fourth-order valence-corrected chi connectivity index (χ4v) is 1.55. The largest absolute Gasteiger partial charge is 0.377 e. The lowest BCUT2D eigenvalue weighted by Gasteiger charge is -2.29. The van der Waals surface area contributed by atoms with Gasteiger partial charge in [0, 0.05) is 19.1 Å². The fraction of sp³-hybridized carbons (Fsp3) is 0.818.